The first-order chi connectivity index (χ1) is 8.26. The molecular formula is C13H27NO3. The molecule has 0 aliphatic carbocycles. The van der Waals surface area contributed by atoms with Gasteiger partial charge in [0, 0.05) is 26.8 Å². The van der Waals surface area contributed by atoms with Crippen LogP contribution in [-0.2, 0) is 9.47 Å². The SMILES string of the molecule is CCCCOCC(O)CN1CCC(COC)C1. The molecule has 0 aromatic carbocycles. The van der Waals surface area contributed by atoms with E-state index in [9.17, 15) is 5.11 Å². The van der Waals surface area contributed by atoms with E-state index in [1.54, 1.807) is 7.11 Å². The Morgan fingerprint density at radius 3 is 3.00 bits per heavy atom. The molecule has 17 heavy (non-hydrogen) atoms. The summed E-state index contributed by atoms with van der Waals surface area (Å²) in [6, 6.07) is 0. The van der Waals surface area contributed by atoms with Crippen molar-refractivity contribution in [3.63, 3.8) is 0 Å². The van der Waals surface area contributed by atoms with Crippen LogP contribution in [0, 0.1) is 5.92 Å². The van der Waals surface area contributed by atoms with Crippen LogP contribution in [0.25, 0.3) is 0 Å². The number of likely N-dealkylation sites (tertiary alicyclic amines) is 1. The van der Waals surface area contributed by atoms with Gasteiger partial charge >= 0.3 is 0 Å². The number of hydrogen-bond donors (Lipinski definition) is 1. The minimum Gasteiger partial charge on any atom is -0.389 e. The Hall–Kier alpha value is -0.160. The molecule has 0 aromatic heterocycles. The summed E-state index contributed by atoms with van der Waals surface area (Å²) in [5, 5.41) is 9.83. The van der Waals surface area contributed by atoms with Gasteiger partial charge in [-0.3, -0.25) is 0 Å². The largest absolute Gasteiger partial charge is 0.389 e. The summed E-state index contributed by atoms with van der Waals surface area (Å²) in [6.07, 6.45) is 3.04. The molecule has 4 heteroatoms. The summed E-state index contributed by atoms with van der Waals surface area (Å²) in [5.41, 5.74) is 0. The first-order valence-corrected chi connectivity index (χ1v) is 6.73. The van der Waals surface area contributed by atoms with Crippen molar-refractivity contribution in [2.75, 3.05) is 46.6 Å². The van der Waals surface area contributed by atoms with Crippen LogP contribution in [0.15, 0.2) is 0 Å². The lowest BCUT2D eigenvalue weighted by atomic mass is 10.1. The second-order valence-corrected chi connectivity index (χ2v) is 4.95. The molecule has 0 bridgehead atoms. The molecule has 1 fully saturated rings. The fourth-order valence-electron chi connectivity index (χ4n) is 2.27. The quantitative estimate of drug-likeness (QED) is 0.618. The number of aliphatic hydroxyl groups is 1. The van der Waals surface area contributed by atoms with Gasteiger partial charge in [0.05, 0.1) is 19.3 Å². The number of unbranched alkanes of at least 4 members (excludes halogenated alkanes) is 1. The van der Waals surface area contributed by atoms with Gasteiger partial charge in [0.2, 0.25) is 0 Å². The lowest BCUT2D eigenvalue weighted by Crippen LogP contribution is -2.33. The molecule has 0 spiro atoms. The lowest BCUT2D eigenvalue weighted by Gasteiger charge is -2.20. The molecule has 102 valence electrons. The lowest BCUT2D eigenvalue weighted by molar-refractivity contribution is 0.0184. The molecule has 0 amide bonds. The standard InChI is InChI=1S/C13H27NO3/c1-3-4-7-17-11-13(15)9-14-6-5-12(8-14)10-16-2/h12-13,15H,3-11H2,1-2H3. The molecule has 1 saturated heterocycles. The predicted molar refractivity (Wildman–Crippen MR) is 68.2 cm³/mol. The van der Waals surface area contributed by atoms with Crippen molar-refractivity contribution in [1.82, 2.24) is 4.90 Å². The van der Waals surface area contributed by atoms with Gasteiger partial charge < -0.3 is 19.5 Å². The van der Waals surface area contributed by atoms with Crippen LogP contribution in [0.5, 0.6) is 0 Å². The molecule has 0 radical (unpaired) electrons. The van der Waals surface area contributed by atoms with E-state index in [1.165, 1.54) is 6.42 Å². The Balaban J connectivity index is 2.04. The van der Waals surface area contributed by atoms with Gasteiger partial charge in [-0.15, -0.1) is 0 Å². The number of hydrogen-bond acceptors (Lipinski definition) is 4. The minimum atomic E-state index is -0.354. The van der Waals surface area contributed by atoms with Gasteiger partial charge in [0.25, 0.3) is 0 Å². The zero-order chi connectivity index (χ0) is 12.5. The summed E-state index contributed by atoms with van der Waals surface area (Å²) >= 11 is 0. The zero-order valence-electron chi connectivity index (χ0n) is 11.2. The average molecular weight is 245 g/mol. The van der Waals surface area contributed by atoms with Crippen molar-refractivity contribution < 1.29 is 14.6 Å². The fourth-order valence-corrected chi connectivity index (χ4v) is 2.27. The fraction of sp³-hybridized carbons (Fsp3) is 1.00. The van der Waals surface area contributed by atoms with Gasteiger partial charge in [0.15, 0.2) is 0 Å². The van der Waals surface area contributed by atoms with Crippen LogP contribution < -0.4 is 0 Å². The third-order valence-electron chi connectivity index (χ3n) is 3.19. The predicted octanol–water partition coefficient (Wildman–Crippen LogP) is 1.13. The third-order valence-corrected chi connectivity index (χ3v) is 3.19. The summed E-state index contributed by atoms with van der Waals surface area (Å²) < 4.78 is 10.6. The Kier molecular flexibility index (Phi) is 7.77. The molecule has 4 nitrogen and oxygen atoms in total. The summed E-state index contributed by atoms with van der Waals surface area (Å²) in [6.45, 7) is 7.04. The Labute approximate surface area is 105 Å². The summed E-state index contributed by atoms with van der Waals surface area (Å²) in [7, 11) is 1.75. The van der Waals surface area contributed by atoms with Crippen molar-refractivity contribution in [1.29, 1.82) is 0 Å². The van der Waals surface area contributed by atoms with E-state index in [4.69, 9.17) is 9.47 Å². The summed E-state index contributed by atoms with van der Waals surface area (Å²) in [4.78, 5) is 2.30. The van der Waals surface area contributed by atoms with Gasteiger partial charge in [0.1, 0.15) is 0 Å². The van der Waals surface area contributed by atoms with Gasteiger partial charge in [-0.2, -0.15) is 0 Å². The number of β-amino-alcohol motifs (C(OH)–C–C–N with tert-alkyl or cyclic N) is 1. The van der Waals surface area contributed by atoms with Crippen LogP contribution in [0.1, 0.15) is 26.2 Å². The van der Waals surface area contributed by atoms with Crippen LogP contribution in [0.3, 0.4) is 0 Å². The number of methoxy groups -OCH3 is 1. The summed E-state index contributed by atoms with van der Waals surface area (Å²) in [5.74, 6) is 0.633. The van der Waals surface area contributed by atoms with E-state index in [0.717, 1.165) is 45.7 Å². The van der Waals surface area contributed by atoms with Crippen LogP contribution in [0.4, 0.5) is 0 Å². The van der Waals surface area contributed by atoms with Crippen molar-refractivity contribution in [3.05, 3.63) is 0 Å². The second-order valence-electron chi connectivity index (χ2n) is 4.95. The highest BCUT2D eigenvalue weighted by molar-refractivity contribution is 4.77. The highest BCUT2D eigenvalue weighted by Crippen LogP contribution is 2.16. The van der Waals surface area contributed by atoms with Crippen LogP contribution >= 0.6 is 0 Å². The van der Waals surface area contributed by atoms with E-state index in [0.29, 0.717) is 12.5 Å². The maximum atomic E-state index is 9.83. The smallest absolute Gasteiger partial charge is 0.0900 e. The molecule has 2 atom stereocenters. The monoisotopic (exact) mass is 245 g/mol. The molecule has 1 aliphatic heterocycles. The maximum absolute atomic E-state index is 9.83. The van der Waals surface area contributed by atoms with Crippen LogP contribution in [-0.4, -0.2) is 62.7 Å². The molecule has 1 aliphatic rings. The Morgan fingerprint density at radius 1 is 1.47 bits per heavy atom. The van der Waals surface area contributed by atoms with E-state index in [2.05, 4.69) is 11.8 Å². The molecule has 1 rings (SSSR count). The molecule has 0 aromatic rings. The molecular weight excluding hydrogens is 218 g/mol. The molecule has 1 N–H and O–H groups in total. The normalized spacial score (nSPS) is 23.1. The highest BCUT2D eigenvalue weighted by Gasteiger charge is 2.23. The number of ether oxygens (including phenoxy) is 2. The molecule has 2 unspecified atom stereocenters. The van der Waals surface area contributed by atoms with E-state index in [1.807, 2.05) is 0 Å². The van der Waals surface area contributed by atoms with E-state index >= 15 is 0 Å². The maximum Gasteiger partial charge on any atom is 0.0900 e. The van der Waals surface area contributed by atoms with Crippen molar-refractivity contribution in [2.24, 2.45) is 5.92 Å². The number of nitrogens with zero attached hydrogens (tertiary/aromatic N) is 1. The van der Waals surface area contributed by atoms with E-state index < -0.39 is 0 Å². The Bertz CT molecular complexity index is 190. The van der Waals surface area contributed by atoms with Crippen LogP contribution in [0.2, 0.25) is 0 Å². The van der Waals surface area contributed by atoms with E-state index in [-0.39, 0.29) is 6.10 Å². The minimum absolute atomic E-state index is 0.354. The first kappa shape index (κ1) is 14.9. The average Bonchev–Trinajstić information content (AvgIpc) is 2.73. The molecule has 0 saturated carbocycles. The van der Waals surface area contributed by atoms with Crippen molar-refractivity contribution in [3.8, 4) is 0 Å². The first-order valence-electron chi connectivity index (χ1n) is 6.73. The van der Waals surface area contributed by atoms with Crippen molar-refractivity contribution in [2.45, 2.75) is 32.3 Å². The topological polar surface area (TPSA) is 41.9 Å². The third kappa shape index (κ3) is 6.36. The molecule has 1 heterocycles. The van der Waals surface area contributed by atoms with Gasteiger partial charge in [-0.25, -0.2) is 0 Å². The van der Waals surface area contributed by atoms with Gasteiger partial charge in [-0.1, -0.05) is 13.3 Å². The second kappa shape index (κ2) is 8.86. The highest BCUT2D eigenvalue weighted by atomic mass is 16.5. The number of rotatable bonds is 9. The van der Waals surface area contributed by atoms with Gasteiger partial charge in [-0.05, 0) is 25.3 Å². The Morgan fingerprint density at radius 2 is 2.29 bits per heavy atom. The number of aliphatic hydroxyl groups excluding tert-OH is 1. The zero-order valence-corrected chi connectivity index (χ0v) is 11.2. The van der Waals surface area contributed by atoms with Crippen molar-refractivity contribution >= 4 is 0 Å².